The van der Waals surface area contributed by atoms with Gasteiger partial charge in [0.25, 0.3) is 11.8 Å². The summed E-state index contributed by atoms with van der Waals surface area (Å²) in [4.78, 5) is 40.6. The summed E-state index contributed by atoms with van der Waals surface area (Å²) in [7, 11) is 0. The molecule has 1 unspecified atom stereocenters. The van der Waals surface area contributed by atoms with Gasteiger partial charge in [-0.25, -0.2) is 0 Å². The van der Waals surface area contributed by atoms with Gasteiger partial charge in [-0.05, 0) is 38.7 Å². The van der Waals surface area contributed by atoms with Crippen molar-refractivity contribution in [2.75, 3.05) is 13.1 Å². The molecule has 0 saturated heterocycles. The number of carbonyl (C=O) groups excluding carboxylic acids is 3. The van der Waals surface area contributed by atoms with Gasteiger partial charge in [-0.3, -0.25) is 19.1 Å². The lowest BCUT2D eigenvalue weighted by atomic mass is 9.94. The average Bonchev–Trinajstić information content (AvgIpc) is 3.44. The van der Waals surface area contributed by atoms with Crippen molar-refractivity contribution in [3.05, 3.63) is 53.3 Å². The van der Waals surface area contributed by atoms with Crippen molar-refractivity contribution in [1.82, 2.24) is 25.3 Å². The van der Waals surface area contributed by atoms with Crippen molar-refractivity contribution in [2.45, 2.75) is 64.1 Å². The van der Waals surface area contributed by atoms with E-state index in [1.165, 1.54) is 10.7 Å². The number of aromatic nitrogens is 2. The van der Waals surface area contributed by atoms with Crippen LogP contribution in [0.1, 0.15) is 66.1 Å². The Hall–Kier alpha value is -3.16. The van der Waals surface area contributed by atoms with Gasteiger partial charge in [0.1, 0.15) is 11.2 Å². The third-order valence-electron chi connectivity index (χ3n) is 6.57. The lowest BCUT2D eigenvalue weighted by Crippen LogP contribution is -2.64. The second-order valence-electron chi connectivity index (χ2n) is 8.84. The van der Waals surface area contributed by atoms with Gasteiger partial charge in [-0.15, -0.1) is 0 Å². The van der Waals surface area contributed by atoms with Gasteiger partial charge in [-0.1, -0.05) is 43.2 Å². The predicted octanol–water partition coefficient (Wildman–Crippen LogP) is 2.15. The van der Waals surface area contributed by atoms with E-state index >= 15 is 0 Å². The molecule has 0 radical (unpaired) electrons. The molecule has 2 N–H and O–H groups in total. The van der Waals surface area contributed by atoms with Gasteiger partial charge in [0.05, 0.1) is 6.54 Å². The molecule has 0 spiro atoms. The third-order valence-corrected chi connectivity index (χ3v) is 6.57. The first-order valence-corrected chi connectivity index (χ1v) is 11.5. The molecule has 32 heavy (non-hydrogen) atoms. The van der Waals surface area contributed by atoms with Crippen LogP contribution in [-0.4, -0.2) is 57.1 Å². The zero-order valence-electron chi connectivity index (χ0n) is 18.8. The molecule has 8 nitrogen and oxygen atoms in total. The van der Waals surface area contributed by atoms with Crippen molar-refractivity contribution in [3.63, 3.8) is 0 Å². The lowest BCUT2D eigenvalue weighted by molar-refractivity contribution is -0.133. The third kappa shape index (κ3) is 4.26. The van der Waals surface area contributed by atoms with E-state index in [1.807, 2.05) is 37.3 Å². The van der Waals surface area contributed by atoms with E-state index in [2.05, 4.69) is 15.7 Å². The highest BCUT2D eigenvalue weighted by Crippen LogP contribution is 2.28. The van der Waals surface area contributed by atoms with Gasteiger partial charge in [0.15, 0.2) is 5.69 Å². The highest BCUT2D eigenvalue weighted by molar-refractivity contribution is 6.01. The number of carbonyl (C=O) groups is 3. The van der Waals surface area contributed by atoms with Gasteiger partial charge >= 0.3 is 0 Å². The largest absolute Gasteiger partial charge is 0.351 e. The number of likely N-dealkylation sites (N-methyl/N-ethyl adjacent to an activating group) is 1. The number of rotatable bonds is 7. The van der Waals surface area contributed by atoms with Crippen LogP contribution in [0.2, 0.25) is 0 Å². The fourth-order valence-electron chi connectivity index (χ4n) is 4.71. The first-order chi connectivity index (χ1) is 15.4. The second kappa shape index (κ2) is 9.14. The summed E-state index contributed by atoms with van der Waals surface area (Å²) in [6.07, 6.45) is 4.89. The van der Waals surface area contributed by atoms with E-state index in [1.54, 1.807) is 11.8 Å². The SMILES string of the molecule is CCN1C(=O)c2cc(C(=O)NCCc3ccccc3)nn2CC1(C)C(=O)NC1CCCC1. The minimum absolute atomic E-state index is 0.158. The van der Waals surface area contributed by atoms with E-state index in [9.17, 15) is 14.4 Å². The predicted molar refractivity (Wildman–Crippen MR) is 120 cm³/mol. The molecule has 2 aliphatic rings. The van der Waals surface area contributed by atoms with Crippen LogP contribution in [0.15, 0.2) is 36.4 Å². The van der Waals surface area contributed by atoms with Crippen LogP contribution in [0.5, 0.6) is 0 Å². The smallest absolute Gasteiger partial charge is 0.273 e. The average molecular weight is 438 g/mol. The van der Waals surface area contributed by atoms with Crippen LogP contribution in [0.3, 0.4) is 0 Å². The fraction of sp³-hybridized carbons (Fsp3) is 0.500. The zero-order chi connectivity index (χ0) is 22.7. The molecule has 1 aliphatic carbocycles. The number of nitrogens with zero attached hydrogens (tertiary/aromatic N) is 3. The molecule has 1 atom stereocenters. The Kier molecular flexibility index (Phi) is 6.30. The van der Waals surface area contributed by atoms with E-state index < -0.39 is 5.54 Å². The Balaban J connectivity index is 1.47. The second-order valence-corrected chi connectivity index (χ2v) is 8.84. The van der Waals surface area contributed by atoms with E-state index in [0.717, 1.165) is 31.2 Å². The molecule has 1 aliphatic heterocycles. The molecular formula is C24H31N5O3. The van der Waals surface area contributed by atoms with E-state index in [4.69, 9.17) is 0 Å². The molecule has 8 heteroatoms. The van der Waals surface area contributed by atoms with Crippen LogP contribution in [0, 0.1) is 0 Å². The van der Waals surface area contributed by atoms with Crippen molar-refractivity contribution < 1.29 is 14.4 Å². The zero-order valence-corrected chi connectivity index (χ0v) is 18.8. The van der Waals surface area contributed by atoms with Crippen LogP contribution in [0.25, 0.3) is 0 Å². The van der Waals surface area contributed by atoms with Crippen LogP contribution >= 0.6 is 0 Å². The highest BCUT2D eigenvalue weighted by atomic mass is 16.2. The van der Waals surface area contributed by atoms with Gasteiger partial charge < -0.3 is 15.5 Å². The summed E-state index contributed by atoms with van der Waals surface area (Å²) in [5, 5.41) is 10.4. The summed E-state index contributed by atoms with van der Waals surface area (Å²) >= 11 is 0. The summed E-state index contributed by atoms with van der Waals surface area (Å²) in [6, 6.07) is 11.6. The number of hydrogen-bond acceptors (Lipinski definition) is 4. The molecular weight excluding hydrogens is 406 g/mol. The Morgan fingerprint density at radius 3 is 2.59 bits per heavy atom. The molecule has 2 heterocycles. The summed E-state index contributed by atoms with van der Waals surface area (Å²) in [5.41, 5.74) is 0.618. The van der Waals surface area contributed by atoms with E-state index in [0.29, 0.717) is 25.2 Å². The Labute approximate surface area is 188 Å². The maximum Gasteiger partial charge on any atom is 0.273 e. The van der Waals surface area contributed by atoms with Crippen LogP contribution in [0.4, 0.5) is 0 Å². The number of fused-ring (bicyclic) bond motifs is 1. The summed E-state index contributed by atoms with van der Waals surface area (Å²) in [6.45, 7) is 4.74. The molecule has 2 aromatic rings. The minimum atomic E-state index is -1.05. The quantitative estimate of drug-likeness (QED) is 0.694. The normalized spacial score (nSPS) is 20.8. The van der Waals surface area contributed by atoms with Crippen molar-refractivity contribution in [2.24, 2.45) is 0 Å². The number of nitrogens with one attached hydrogen (secondary N) is 2. The van der Waals surface area contributed by atoms with Crippen molar-refractivity contribution in [1.29, 1.82) is 0 Å². The van der Waals surface area contributed by atoms with Crippen LogP contribution < -0.4 is 10.6 Å². The van der Waals surface area contributed by atoms with Gasteiger partial charge in [0.2, 0.25) is 5.91 Å². The standard InChI is InChI=1S/C24H31N5O3/c1-3-28-22(31)20-15-19(21(30)25-14-13-17-9-5-4-6-10-17)27-29(20)16-24(28,2)23(32)26-18-11-7-8-12-18/h4-6,9-10,15,18H,3,7-8,11-14,16H2,1-2H3,(H,25,30)(H,26,32). The number of hydrogen-bond donors (Lipinski definition) is 2. The van der Waals surface area contributed by atoms with Gasteiger partial charge in [0, 0.05) is 25.2 Å². The Morgan fingerprint density at radius 1 is 1.19 bits per heavy atom. The molecule has 1 aromatic carbocycles. The monoisotopic (exact) mass is 437 g/mol. The molecule has 170 valence electrons. The molecule has 1 fully saturated rings. The maximum atomic E-state index is 13.2. The number of amides is 3. The molecule has 3 amide bonds. The molecule has 1 saturated carbocycles. The van der Waals surface area contributed by atoms with Gasteiger partial charge in [-0.2, -0.15) is 5.10 Å². The Morgan fingerprint density at radius 2 is 1.91 bits per heavy atom. The first kappa shape index (κ1) is 22.0. The highest BCUT2D eigenvalue weighted by Gasteiger charge is 2.48. The fourth-order valence-corrected chi connectivity index (χ4v) is 4.71. The van der Waals surface area contributed by atoms with Crippen molar-refractivity contribution >= 4 is 17.7 Å². The topological polar surface area (TPSA) is 96.3 Å². The first-order valence-electron chi connectivity index (χ1n) is 11.5. The Bertz CT molecular complexity index is 996. The maximum absolute atomic E-state index is 13.2. The number of benzene rings is 1. The summed E-state index contributed by atoms with van der Waals surface area (Å²) in [5.74, 6) is -0.760. The minimum Gasteiger partial charge on any atom is -0.351 e. The molecule has 0 bridgehead atoms. The van der Waals surface area contributed by atoms with Crippen LogP contribution in [-0.2, 0) is 17.8 Å². The van der Waals surface area contributed by atoms with Crippen molar-refractivity contribution in [3.8, 4) is 0 Å². The van der Waals surface area contributed by atoms with E-state index in [-0.39, 0.29) is 36.0 Å². The summed E-state index contributed by atoms with van der Waals surface area (Å²) < 4.78 is 1.51. The molecule has 1 aromatic heterocycles. The molecule has 4 rings (SSSR count). The lowest BCUT2D eigenvalue weighted by Gasteiger charge is -2.43.